The van der Waals surface area contributed by atoms with E-state index in [0.717, 1.165) is 33.2 Å². The summed E-state index contributed by atoms with van der Waals surface area (Å²) in [6, 6.07) is 28.2. The van der Waals surface area contributed by atoms with Gasteiger partial charge < -0.3 is 4.42 Å². The molecular weight excluding hydrogens is 308 g/mol. The standard InChI is InChI=1S/C22H14N2O/c1-3-9-15(10-4-1)20-19-17-13-7-8-14-18(17)25-22(19)24-21(23-20)16-11-5-2-6-12-16/h1-14H. The first kappa shape index (κ1) is 13.9. The third-order valence-corrected chi connectivity index (χ3v) is 4.32. The van der Waals surface area contributed by atoms with Gasteiger partial charge in [-0.15, -0.1) is 0 Å². The van der Waals surface area contributed by atoms with E-state index in [4.69, 9.17) is 14.4 Å². The molecule has 118 valence electrons. The Kier molecular flexibility index (Phi) is 3.10. The number of furan rings is 1. The van der Waals surface area contributed by atoms with E-state index in [1.165, 1.54) is 0 Å². The molecule has 0 amide bonds. The minimum atomic E-state index is 0.619. The summed E-state index contributed by atoms with van der Waals surface area (Å²) >= 11 is 0. The highest BCUT2D eigenvalue weighted by atomic mass is 16.3. The molecule has 0 atom stereocenters. The second-order valence-corrected chi connectivity index (χ2v) is 5.91. The van der Waals surface area contributed by atoms with E-state index in [2.05, 4.69) is 18.2 Å². The highest BCUT2D eigenvalue weighted by molar-refractivity contribution is 6.10. The van der Waals surface area contributed by atoms with Crippen LogP contribution in [-0.4, -0.2) is 9.97 Å². The number of hydrogen-bond donors (Lipinski definition) is 0. The zero-order chi connectivity index (χ0) is 16.6. The van der Waals surface area contributed by atoms with Crippen LogP contribution < -0.4 is 0 Å². The van der Waals surface area contributed by atoms with Gasteiger partial charge in [0, 0.05) is 16.5 Å². The van der Waals surface area contributed by atoms with Crippen LogP contribution in [-0.2, 0) is 0 Å². The summed E-state index contributed by atoms with van der Waals surface area (Å²) in [5.74, 6) is 0.672. The van der Waals surface area contributed by atoms with Gasteiger partial charge in [0.15, 0.2) is 5.82 Å². The summed E-state index contributed by atoms with van der Waals surface area (Å²) in [6.45, 7) is 0. The second-order valence-electron chi connectivity index (χ2n) is 5.91. The van der Waals surface area contributed by atoms with Crippen LogP contribution in [0.25, 0.3) is 44.7 Å². The Balaban J connectivity index is 1.90. The van der Waals surface area contributed by atoms with Crippen molar-refractivity contribution in [1.29, 1.82) is 0 Å². The van der Waals surface area contributed by atoms with Crippen LogP contribution in [0.4, 0.5) is 0 Å². The molecule has 5 rings (SSSR count). The molecule has 0 unspecified atom stereocenters. The number of hydrogen-bond acceptors (Lipinski definition) is 3. The molecule has 2 aromatic heterocycles. The van der Waals surface area contributed by atoms with E-state index < -0.39 is 0 Å². The number of nitrogens with zero attached hydrogens (tertiary/aromatic N) is 2. The Labute approximate surface area is 144 Å². The molecule has 3 heteroatoms. The van der Waals surface area contributed by atoms with E-state index in [9.17, 15) is 0 Å². The van der Waals surface area contributed by atoms with Crippen LogP contribution in [0.5, 0.6) is 0 Å². The average Bonchev–Trinajstić information content (AvgIpc) is 3.07. The number of benzene rings is 3. The fourth-order valence-electron chi connectivity index (χ4n) is 3.14. The van der Waals surface area contributed by atoms with Gasteiger partial charge >= 0.3 is 0 Å². The molecule has 0 aliphatic rings. The Morgan fingerprint density at radius 1 is 0.600 bits per heavy atom. The average molecular weight is 322 g/mol. The summed E-state index contributed by atoms with van der Waals surface area (Å²) in [4.78, 5) is 9.58. The van der Waals surface area contributed by atoms with Crippen molar-refractivity contribution >= 4 is 22.1 Å². The van der Waals surface area contributed by atoms with Gasteiger partial charge in [-0.2, -0.15) is 4.98 Å². The molecular formula is C22H14N2O. The maximum absolute atomic E-state index is 6.03. The first-order valence-corrected chi connectivity index (χ1v) is 8.20. The van der Waals surface area contributed by atoms with Crippen molar-refractivity contribution in [2.24, 2.45) is 0 Å². The number of para-hydroxylation sites is 1. The van der Waals surface area contributed by atoms with Crippen molar-refractivity contribution in [2.75, 3.05) is 0 Å². The molecule has 0 radical (unpaired) electrons. The van der Waals surface area contributed by atoms with Crippen LogP contribution in [0.3, 0.4) is 0 Å². The van der Waals surface area contributed by atoms with E-state index >= 15 is 0 Å². The van der Waals surface area contributed by atoms with E-state index in [0.29, 0.717) is 11.5 Å². The largest absolute Gasteiger partial charge is 0.438 e. The van der Waals surface area contributed by atoms with Crippen molar-refractivity contribution in [3.05, 3.63) is 84.9 Å². The molecule has 0 N–H and O–H groups in total. The predicted octanol–water partition coefficient (Wildman–Crippen LogP) is 5.71. The Bertz CT molecular complexity index is 1180. The van der Waals surface area contributed by atoms with Crippen molar-refractivity contribution in [2.45, 2.75) is 0 Å². The highest BCUT2D eigenvalue weighted by Gasteiger charge is 2.17. The molecule has 25 heavy (non-hydrogen) atoms. The van der Waals surface area contributed by atoms with Crippen LogP contribution >= 0.6 is 0 Å². The molecule has 3 aromatic carbocycles. The van der Waals surface area contributed by atoms with Crippen molar-refractivity contribution in [3.8, 4) is 22.6 Å². The van der Waals surface area contributed by atoms with Crippen LogP contribution in [0, 0.1) is 0 Å². The SMILES string of the molecule is c1ccc(-c2nc(-c3ccccc3)c3c(n2)oc2ccccc23)cc1. The second kappa shape index (κ2) is 5.56. The minimum absolute atomic E-state index is 0.619. The lowest BCUT2D eigenvalue weighted by molar-refractivity contribution is 0.653. The van der Waals surface area contributed by atoms with Crippen LogP contribution in [0.15, 0.2) is 89.3 Å². The number of fused-ring (bicyclic) bond motifs is 3. The summed E-state index contributed by atoms with van der Waals surface area (Å²) in [7, 11) is 0. The van der Waals surface area contributed by atoms with Gasteiger partial charge in [-0.3, -0.25) is 0 Å². The van der Waals surface area contributed by atoms with Gasteiger partial charge in [-0.1, -0.05) is 78.9 Å². The molecule has 0 aliphatic carbocycles. The Morgan fingerprint density at radius 2 is 1.24 bits per heavy atom. The van der Waals surface area contributed by atoms with Gasteiger partial charge in [0.05, 0.1) is 11.1 Å². The normalized spacial score (nSPS) is 11.2. The summed E-state index contributed by atoms with van der Waals surface area (Å²) in [6.07, 6.45) is 0. The molecule has 0 saturated heterocycles. The molecule has 5 aromatic rings. The maximum Gasteiger partial charge on any atom is 0.231 e. The maximum atomic E-state index is 6.03. The Hall–Kier alpha value is -3.46. The van der Waals surface area contributed by atoms with Crippen molar-refractivity contribution < 1.29 is 4.42 Å². The van der Waals surface area contributed by atoms with E-state index in [1.54, 1.807) is 0 Å². The first-order chi connectivity index (χ1) is 12.4. The molecule has 0 aliphatic heterocycles. The molecule has 0 bridgehead atoms. The molecule has 0 saturated carbocycles. The smallest absolute Gasteiger partial charge is 0.231 e. The minimum Gasteiger partial charge on any atom is -0.438 e. The lowest BCUT2D eigenvalue weighted by atomic mass is 10.1. The first-order valence-electron chi connectivity index (χ1n) is 8.20. The fraction of sp³-hybridized carbons (Fsp3) is 0. The fourth-order valence-corrected chi connectivity index (χ4v) is 3.14. The van der Waals surface area contributed by atoms with E-state index in [1.807, 2.05) is 66.7 Å². The molecule has 2 heterocycles. The summed E-state index contributed by atoms with van der Waals surface area (Å²) < 4.78 is 6.03. The third kappa shape index (κ3) is 2.29. The predicted molar refractivity (Wildman–Crippen MR) is 100 cm³/mol. The summed E-state index contributed by atoms with van der Waals surface area (Å²) in [5, 5.41) is 2.00. The number of aromatic nitrogens is 2. The molecule has 0 fully saturated rings. The summed E-state index contributed by atoms with van der Waals surface area (Å²) in [5.41, 5.74) is 4.37. The lowest BCUT2D eigenvalue weighted by Gasteiger charge is -2.06. The Morgan fingerprint density at radius 3 is 2.00 bits per heavy atom. The van der Waals surface area contributed by atoms with Gasteiger partial charge in [0.25, 0.3) is 0 Å². The lowest BCUT2D eigenvalue weighted by Crippen LogP contribution is -1.93. The third-order valence-electron chi connectivity index (χ3n) is 4.32. The van der Waals surface area contributed by atoms with Gasteiger partial charge in [-0.05, 0) is 6.07 Å². The van der Waals surface area contributed by atoms with Gasteiger partial charge in [0.1, 0.15) is 5.58 Å². The monoisotopic (exact) mass is 322 g/mol. The quantitative estimate of drug-likeness (QED) is 0.418. The highest BCUT2D eigenvalue weighted by Crippen LogP contribution is 2.35. The van der Waals surface area contributed by atoms with Gasteiger partial charge in [-0.25, -0.2) is 4.98 Å². The van der Waals surface area contributed by atoms with Crippen molar-refractivity contribution in [1.82, 2.24) is 9.97 Å². The topological polar surface area (TPSA) is 38.9 Å². The van der Waals surface area contributed by atoms with Crippen molar-refractivity contribution in [3.63, 3.8) is 0 Å². The molecule has 3 nitrogen and oxygen atoms in total. The number of rotatable bonds is 2. The van der Waals surface area contributed by atoms with E-state index in [-0.39, 0.29) is 0 Å². The zero-order valence-electron chi connectivity index (χ0n) is 13.4. The van der Waals surface area contributed by atoms with Gasteiger partial charge in [0.2, 0.25) is 5.71 Å². The van der Waals surface area contributed by atoms with Crippen LogP contribution in [0.2, 0.25) is 0 Å². The zero-order valence-corrected chi connectivity index (χ0v) is 13.4. The molecule has 0 spiro atoms. The van der Waals surface area contributed by atoms with Crippen LogP contribution in [0.1, 0.15) is 0 Å².